The number of amides is 1. The van der Waals surface area contributed by atoms with Crippen molar-refractivity contribution in [3.8, 4) is 5.75 Å². The van der Waals surface area contributed by atoms with Crippen LogP contribution in [0.2, 0.25) is 5.02 Å². The molecule has 31 heavy (non-hydrogen) atoms. The third kappa shape index (κ3) is 4.14. The van der Waals surface area contributed by atoms with Gasteiger partial charge in [0.2, 0.25) is 10.0 Å². The molecular formula is C21H21ClN2O6S. The molecule has 0 atom stereocenters. The van der Waals surface area contributed by atoms with E-state index in [-0.39, 0.29) is 10.7 Å². The van der Waals surface area contributed by atoms with Crippen molar-refractivity contribution in [2.75, 3.05) is 38.7 Å². The highest BCUT2D eigenvalue weighted by Gasteiger charge is 2.28. The van der Waals surface area contributed by atoms with Gasteiger partial charge in [0.05, 0.1) is 30.9 Å². The van der Waals surface area contributed by atoms with E-state index in [1.807, 2.05) is 0 Å². The Morgan fingerprint density at radius 3 is 2.61 bits per heavy atom. The van der Waals surface area contributed by atoms with E-state index in [4.69, 9.17) is 25.5 Å². The lowest BCUT2D eigenvalue weighted by Gasteiger charge is -2.26. The lowest BCUT2D eigenvalue weighted by molar-refractivity contribution is 0.0730. The summed E-state index contributed by atoms with van der Waals surface area (Å²) in [6.07, 6.45) is 0. The zero-order chi connectivity index (χ0) is 22.2. The van der Waals surface area contributed by atoms with Gasteiger partial charge in [-0.2, -0.15) is 4.31 Å². The minimum Gasteiger partial charge on any atom is -0.495 e. The van der Waals surface area contributed by atoms with Crippen LogP contribution in [0, 0.1) is 6.92 Å². The molecule has 1 amide bonds. The molecule has 0 spiro atoms. The third-order valence-electron chi connectivity index (χ3n) is 5.13. The third-order valence-corrected chi connectivity index (χ3v) is 7.26. The number of rotatable bonds is 5. The number of carbonyl (C=O) groups excluding carboxylic acids is 1. The van der Waals surface area contributed by atoms with Gasteiger partial charge >= 0.3 is 0 Å². The van der Waals surface area contributed by atoms with E-state index in [9.17, 15) is 13.2 Å². The fourth-order valence-corrected chi connectivity index (χ4v) is 5.08. The number of morpholine rings is 1. The number of ether oxygens (including phenoxy) is 2. The molecule has 0 bridgehead atoms. The molecule has 4 rings (SSSR count). The van der Waals surface area contributed by atoms with Crippen LogP contribution in [0.5, 0.6) is 5.75 Å². The summed E-state index contributed by atoms with van der Waals surface area (Å²) in [5, 5.41) is 3.73. The first-order chi connectivity index (χ1) is 14.8. The summed E-state index contributed by atoms with van der Waals surface area (Å²) in [4.78, 5) is 13.0. The van der Waals surface area contributed by atoms with E-state index in [0.717, 1.165) is 0 Å². The van der Waals surface area contributed by atoms with Crippen LogP contribution >= 0.6 is 11.6 Å². The van der Waals surface area contributed by atoms with Gasteiger partial charge in [-0.05, 0) is 43.3 Å². The Hall–Kier alpha value is -2.59. The molecule has 1 N–H and O–H groups in total. The minimum absolute atomic E-state index is 0.0814. The molecule has 0 radical (unpaired) electrons. The van der Waals surface area contributed by atoms with Crippen LogP contribution in [0.3, 0.4) is 0 Å². The van der Waals surface area contributed by atoms with Crippen molar-refractivity contribution in [2.24, 2.45) is 0 Å². The highest BCUT2D eigenvalue weighted by molar-refractivity contribution is 7.89. The lowest BCUT2D eigenvalue weighted by atomic mass is 10.1. The Morgan fingerprint density at radius 1 is 1.16 bits per heavy atom. The van der Waals surface area contributed by atoms with Crippen LogP contribution in [-0.4, -0.2) is 52.0 Å². The Balaban J connectivity index is 1.67. The Labute approximate surface area is 184 Å². The van der Waals surface area contributed by atoms with E-state index in [0.29, 0.717) is 59.3 Å². The smallest absolute Gasteiger partial charge is 0.291 e. The Morgan fingerprint density at radius 2 is 1.90 bits per heavy atom. The van der Waals surface area contributed by atoms with Crippen molar-refractivity contribution < 1.29 is 27.1 Å². The molecule has 2 heterocycles. The van der Waals surface area contributed by atoms with Crippen molar-refractivity contribution in [1.29, 1.82) is 0 Å². The van der Waals surface area contributed by atoms with Gasteiger partial charge in [0, 0.05) is 29.1 Å². The number of halogens is 1. The van der Waals surface area contributed by atoms with Crippen LogP contribution in [0.4, 0.5) is 5.69 Å². The molecule has 8 nitrogen and oxygen atoms in total. The zero-order valence-electron chi connectivity index (χ0n) is 17.0. The highest BCUT2D eigenvalue weighted by atomic mass is 35.5. The fourth-order valence-electron chi connectivity index (χ4n) is 3.47. The first kappa shape index (κ1) is 21.6. The molecule has 10 heteroatoms. The fraction of sp³-hybridized carbons (Fsp3) is 0.286. The Kier molecular flexibility index (Phi) is 5.94. The van der Waals surface area contributed by atoms with Gasteiger partial charge < -0.3 is 19.2 Å². The van der Waals surface area contributed by atoms with Crippen molar-refractivity contribution in [2.45, 2.75) is 11.8 Å². The predicted octanol–water partition coefficient (Wildman–Crippen LogP) is 3.68. The molecule has 1 aliphatic heterocycles. The number of methoxy groups -OCH3 is 1. The van der Waals surface area contributed by atoms with E-state index >= 15 is 0 Å². The monoisotopic (exact) mass is 464 g/mol. The van der Waals surface area contributed by atoms with Crippen molar-refractivity contribution in [3.05, 3.63) is 52.7 Å². The van der Waals surface area contributed by atoms with Gasteiger partial charge in [0.1, 0.15) is 11.3 Å². The minimum atomic E-state index is -3.66. The number of anilines is 1. The quantitative estimate of drug-likeness (QED) is 0.618. The largest absolute Gasteiger partial charge is 0.495 e. The molecule has 0 saturated carbocycles. The standard InChI is InChI=1S/C21H21ClN2O6S/c1-13-16-12-15(31(26,27)24-7-9-29-10-8-24)4-6-18(16)30-20(13)21(25)23-17-11-14(22)3-5-19(17)28-2/h3-6,11-12H,7-10H2,1-2H3,(H,23,25). The van der Waals surface area contributed by atoms with Crippen molar-refractivity contribution >= 4 is 44.2 Å². The number of hydrogen-bond acceptors (Lipinski definition) is 6. The van der Waals surface area contributed by atoms with E-state index in [1.165, 1.54) is 23.5 Å². The van der Waals surface area contributed by atoms with Crippen LogP contribution in [0.15, 0.2) is 45.7 Å². The predicted molar refractivity (Wildman–Crippen MR) is 116 cm³/mol. The van der Waals surface area contributed by atoms with Crippen molar-refractivity contribution in [3.63, 3.8) is 0 Å². The number of fused-ring (bicyclic) bond motifs is 1. The number of nitrogens with zero attached hydrogens (tertiary/aromatic N) is 1. The maximum atomic E-state index is 13.0. The van der Waals surface area contributed by atoms with Crippen LogP contribution in [0.1, 0.15) is 16.1 Å². The first-order valence-corrected chi connectivity index (χ1v) is 11.4. The second-order valence-electron chi connectivity index (χ2n) is 7.03. The first-order valence-electron chi connectivity index (χ1n) is 9.57. The van der Waals surface area contributed by atoms with Gasteiger partial charge in [-0.3, -0.25) is 4.79 Å². The lowest BCUT2D eigenvalue weighted by Crippen LogP contribution is -2.40. The number of carbonyl (C=O) groups is 1. The summed E-state index contributed by atoms with van der Waals surface area (Å²) in [5.74, 6) is 0.0372. The molecule has 0 unspecified atom stereocenters. The van der Waals surface area contributed by atoms with Gasteiger partial charge in [-0.1, -0.05) is 11.6 Å². The molecule has 1 aliphatic rings. The summed E-state index contributed by atoms with van der Waals surface area (Å²) in [7, 11) is -2.18. The van der Waals surface area contributed by atoms with Crippen LogP contribution < -0.4 is 10.1 Å². The van der Waals surface area contributed by atoms with Gasteiger partial charge in [-0.25, -0.2) is 8.42 Å². The summed E-state index contributed by atoms with van der Waals surface area (Å²) >= 11 is 6.02. The average Bonchev–Trinajstić information content (AvgIpc) is 3.10. The van der Waals surface area contributed by atoms with Crippen molar-refractivity contribution in [1.82, 2.24) is 4.31 Å². The summed E-state index contributed by atoms with van der Waals surface area (Å²) < 4.78 is 43.5. The zero-order valence-corrected chi connectivity index (χ0v) is 18.5. The second-order valence-corrected chi connectivity index (χ2v) is 9.40. The Bertz CT molecular complexity index is 1250. The summed E-state index contributed by atoms with van der Waals surface area (Å²) in [6.45, 7) is 3.05. The van der Waals surface area contributed by atoms with Gasteiger partial charge in [-0.15, -0.1) is 0 Å². The van der Waals surface area contributed by atoms with Crippen LogP contribution in [-0.2, 0) is 14.8 Å². The molecule has 1 aromatic heterocycles. The molecule has 164 valence electrons. The molecule has 0 aliphatic carbocycles. The normalized spacial score (nSPS) is 15.2. The number of hydrogen-bond donors (Lipinski definition) is 1. The van der Waals surface area contributed by atoms with E-state index < -0.39 is 15.9 Å². The average molecular weight is 465 g/mol. The highest BCUT2D eigenvalue weighted by Crippen LogP contribution is 2.32. The number of sulfonamides is 1. The maximum Gasteiger partial charge on any atom is 0.291 e. The SMILES string of the molecule is COc1ccc(Cl)cc1NC(=O)c1oc2ccc(S(=O)(=O)N3CCOCC3)cc2c1C. The molecular weight excluding hydrogens is 444 g/mol. The van der Waals surface area contributed by atoms with Crippen LogP contribution in [0.25, 0.3) is 11.0 Å². The van der Waals surface area contributed by atoms with E-state index in [1.54, 1.807) is 31.2 Å². The number of furan rings is 1. The molecule has 2 aromatic carbocycles. The molecule has 1 fully saturated rings. The molecule has 3 aromatic rings. The number of nitrogens with one attached hydrogen (secondary N) is 1. The van der Waals surface area contributed by atoms with Gasteiger partial charge in [0.15, 0.2) is 5.76 Å². The topological polar surface area (TPSA) is 98.1 Å². The number of benzene rings is 2. The second kappa shape index (κ2) is 8.51. The van der Waals surface area contributed by atoms with E-state index in [2.05, 4.69) is 5.32 Å². The summed E-state index contributed by atoms with van der Waals surface area (Å²) in [5.41, 5.74) is 1.35. The maximum absolute atomic E-state index is 13.0. The summed E-state index contributed by atoms with van der Waals surface area (Å²) in [6, 6.07) is 9.45. The number of aryl methyl sites for hydroxylation is 1. The molecule has 1 saturated heterocycles. The van der Waals surface area contributed by atoms with Gasteiger partial charge in [0.25, 0.3) is 5.91 Å².